The normalized spacial score (nSPS) is 11.3. The van der Waals surface area contributed by atoms with Crippen molar-refractivity contribution in [1.82, 2.24) is 15.6 Å². The van der Waals surface area contributed by atoms with Gasteiger partial charge in [-0.2, -0.15) is 13.2 Å². The molecule has 0 aliphatic rings. The lowest BCUT2D eigenvalue weighted by atomic mass is 10.2. The molecule has 100 valence electrons. The molecule has 0 aliphatic carbocycles. The number of alkyl halides is 3. The van der Waals surface area contributed by atoms with Crippen molar-refractivity contribution >= 4 is 5.91 Å². The topological polar surface area (TPSA) is 54.0 Å². The van der Waals surface area contributed by atoms with Crippen molar-refractivity contribution in [2.45, 2.75) is 19.6 Å². The van der Waals surface area contributed by atoms with E-state index in [0.29, 0.717) is 6.54 Å². The van der Waals surface area contributed by atoms with Crippen LogP contribution >= 0.6 is 0 Å². The van der Waals surface area contributed by atoms with Crippen LogP contribution in [0.4, 0.5) is 13.2 Å². The summed E-state index contributed by atoms with van der Waals surface area (Å²) < 4.78 is 35.4. The molecule has 0 spiro atoms. The molecule has 18 heavy (non-hydrogen) atoms. The third-order valence-electron chi connectivity index (χ3n) is 2.07. The summed E-state index contributed by atoms with van der Waals surface area (Å²) >= 11 is 0. The maximum atomic E-state index is 11.8. The van der Waals surface area contributed by atoms with Gasteiger partial charge in [0.1, 0.15) is 6.54 Å². The number of carbonyl (C=O) groups is 1. The minimum Gasteiger partial charge on any atom is -0.346 e. The summed E-state index contributed by atoms with van der Waals surface area (Å²) in [7, 11) is 0. The van der Waals surface area contributed by atoms with Gasteiger partial charge in [0.2, 0.25) is 5.91 Å². The molecule has 1 amide bonds. The third-order valence-corrected chi connectivity index (χ3v) is 2.07. The highest BCUT2D eigenvalue weighted by atomic mass is 19.4. The Bertz CT molecular complexity index is 390. The van der Waals surface area contributed by atoms with Gasteiger partial charge in [-0.15, -0.1) is 0 Å². The van der Waals surface area contributed by atoms with Crippen molar-refractivity contribution in [2.75, 3.05) is 13.1 Å². The summed E-state index contributed by atoms with van der Waals surface area (Å²) in [6.45, 7) is 0.762. The molecule has 0 bridgehead atoms. The van der Waals surface area contributed by atoms with E-state index in [-0.39, 0.29) is 6.54 Å². The smallest absolute Gasteiger partial charge is 0.346 e. The van der Waals surface area contributed by atoms with Crippen LogP contribution in [0.25, 0.3) is 0 Å². The minimum absolute atomic E-state index is 0.163. The number of rotatable bonds is 5. The maximum absolute atomic E-state index is 11.8. The van der Waals surface area contributed by atoms with Gasteiger partial charge in [0, 0.05) is 18.4 Å². The first-order valence-corrected chi connectivity index (χ1v) is 5.32. The number of nitrogens with zero attached hydrogens (tertiary/aromatic N) is 1. The van der Waals surface area contributed by atoms with Crippen LogP contribution in [-0.2, 0) is 11.3 Å². The zero-order chi connectivity index (χ0) is 13.6. The SMILES string of the molecule is Cc1ccc(CNCC(=O)NCC(F)(F)F)cn1. The van der Waals surface area contributed by atoms with Crippen LogP contribution in [0.1, 0.15) is 11.3 Å². The first kappa shape index (κ1) is 14.4. The summed E-state index contributed by atoms with van der Waals surface area (Å²) in [6, 6.07) is 3.66. The van der Waals surface area contributed by atoms with Gasteiger partial charge < -0.3 is 10.6 Å². The molecule has 7 heteroatoms. The molecule has 0 saturated heterocycles. The Morgan fingerprint density at radius 2 is 2.11 bits per heavy atom. The summed E-state index contributed by atoms with van der Waals surface area (Å²) in [5.41, 5.74) is 1.74. The molecular formula is C11H14F3N3O. The molecule has 0 radical (unpaired) electrons. The van der Waals surface area contributed by atoms with Crippen molar-refractivity contribution in [3.63, 3.8) is 0 Å². The molecule has 0 unspecified atom stereocenters. The molecular weight excluding hydrogens is 247 g/mol. The average Bonchev–Trinajstić information content (AvgIpc) is 2.28. The van der Waals surface area contributed by atoms with E-state index in [1.165, 1.54) is 0 Å². The number of carbonyl (C=O) groups excluding carboxylic acids is 1. The van der Waals surface area contributed by atoms with E-state index in [4.69, 9.17) is 0 Å². The van der Waals surface area contributed by atoms with Gasteiger partial charge >= 0.3 is 6.18 Å². The van der Waals surface area contributed by atoms with Gasteiger partial charge in [-0.3, -0.25) is 9.78 Å². The number of nitrogens with one attached hydrogen (secondary N) is 2. The van der Waals surface area contributed by atoms with Gasteiger partial charge in [-0.05, 0) is 18.6 Å². The second-order valence-electron chi connectivity index (χ2n) is 3.80. The molecule has 1 aromatic heterocycles. The minimum atomic E-state index is -4.38. The van der Waals surface area contributed by atoms with Crippen LogP contribution in [0, 0.1) is 6.92 Å². The van der Waals surface area contributed by atoms with E-state index in [1.54, 1.807) is 11.5 Å². The molecule has 0 fully saturated rings. The van der Waals surface area contributed by atoms with Crippen molar-refractivity contribution in [1.29, 1.82) is 0 Å². The first-order valence-electron chi connectivity index (χ1n) is 5.32. The molecule has 1 aromatic rings. The molecule has 0 saturated carbocycles. The van der Waals surface area contributed by atoms with Gasteiger partial charge in [0.25, 0.3) is 0 Å². The highest BCUT2D eigenvalue weighted by Crippen LogP contribution is 2.11. The Morgan fingerprint density at radius 3 is 2.67 bits per heavy atom. The molecule has 2 N–H and O–H groups in total. The second-order valence-corrected chi connectivity index (χ2v) is 3.80. The largest absolute Gasteiger partial charge is 0.405 e. The van der Waals surface area contributed by atoms with Crippen LogP contribution in [0.2, 0.25) is 0 Å². The van der Waals surface area contributed by atoms with Crippen LogP contribution in [-0.4, -0.2) is 30.2 Å². The predicted molar refractivity (Wildman–Crippen MR) is 59.7 cm³/mol. The standard InChI is InChI=1S/C11H14F3N3O/c1-8-2-3-9(5-16-8)4-15-6-10(18)17-7-11(12,13)14/h2-3,5,15H,4,6-7H2,1H3,(H,17,18). The molecule has 0 aromatic carbocycles. The van der Waals surface area contributed by atoms with Gasteiger partial charge in [0.15, 0.2) is 0 Å². The maximum Gasteiger partial charge on any atom is 0.405 e. The van der Waals surface area contributed by atoms with Crippen molar-refractivity contribution < 1.29 is 18.0 Å². The van der Waals surface area contributed by atoms with Crippen molar-refractivity contribution in [2.24, 2.45) is 0 Å². The first-order chi connectivity index (χ1) is 8.37. The predicted octanol–water partition coefficient (Wildman–Crippen LogP) is 1.16. The second kappa shape index (κ2) is 6.34. The summed E-state index contributed by atoms with van der Waals surface area (Å²) in [4.78, 5) is 15.1. The van der Waals surface area contributed by atoms with Crippen LogP contribution in [0.5, 0.6) is 0 Å². The Labute approximate surface area is 103 Å². The van der Waals surface area contributed by atoms with Gasteiger partial charge in [-0.1, -0.05) is 6.07 Å². The Kier molecular flexibility index (Phi) is 5.08. The number of hydrogen-bond acceptors (Lipinski definition) is 3. The van der Waals surface area contributed by atoms with E-state index in [0.717, 1.165) is 11.3 Å². The van der Waals surface area contributed by atoms with Crippen molar-refractivity contribution in [3.8, 4) is 0 Å². The van der Waals surface area contributed by atoms with E-state index in [9.17, 15) is 18.0 Å². The zero-order valence-electron chi connectivity index (χ0n) is 9.84. The lowest BCUT2D eigenvalue weighted by Gasteiger charge is -2.09. The third kappa shape index (κ3) is 6.19. The van der Waals surface area contributed by atoms with E-state index in [1.807, 2.05) is 19.1 Å². The number of halogens is 3. The quantitative estimate of drug-likeness (QED) is 0.836. The Hall–Kier alpha value is -1.63. The monoisotopic (exact) mass is 261 g/mol. The Balaban J connectivity index is 2.21. The fourth-order valence-electron chi connectivity index (χ4n) is 1.18. The molecule has 1 rings (SSSR count). The highest BCUT2D eigenvalue weighted by Gasteiger charge is 2.27. The highest BCUT2D eigenvalue weighted by molar-refractivity contribution is 5.77. The molecule has 1 heterocycles. The van der Waals surface area contributed by atoms with Crippen LogP contribution in [0.15, 0.2) is 18.3 Å². The van der Waals surface area contributed by atoms with E-state index in [2.05, 4.69) is 10.3 Å². The summed E-state index contributed by atoms with van der Waals surface area (Å²) in [5.74, 6) is -0.688. The number of aryl methyl sites for hydroxylation is 1. The summed E-state index contributed by atoms with van der Waals surface area (Å²) in [5, 5.41) is 4.51. The molecule has 0 atom stereocenters. The van der Waals surface area contributed by atoms with Crippen LogP contribution in [0.3, 0.4) is 0 Å². The van der Waals surface area contributed by atoms with Crippen molar-refractivity contribution in [3.05, 3.63) is 29.6 Å². The number of aromatic nitrogens is 1. The van der Waals surface area contributed by atoms with E-state index < -0.39 is 18.6 Å². The summed E-state index contributed by atoms with van der Waals surface area (Å²) in [6.07, 6.45) is -2.73. The van der Waals surface area contributed by atoms with Gasteiger partial charge in [0.05, 0.1) is 6.54 Å². The van der Waals surface area contributed by atoms with Crippen LogP contribution < -0.4 is 10.6 Å². The fraction of sp³-hybridized carbons (Fsp3) is 0.455. The number of amides is 1. The molecule has 4 nitrogen and oxygen atoms in total. The number of hydrogen-bond donors (Lipinski definition) is 2. The average molecular weight is 261 g/mol. The van der Waals surface area contributed by atoms with E-state index >= 15 is 0 Å². The lowest BCUT2D eigenvalue weighted by Crippen LogP contribution is -2.39. The number of pyridine rings is 1. The lowest BCUT2D eigenvalue weighted by molar-refractivity contribution is -0.137. The zero-order valence-corrected chi connectivity index (χ0v) is 9.84. The van der Waals surface area contributed by atoms with Gasteiger partial charge in [-0.25, -0.2) is 0 Å². The fourth-order valence-corrected chi connectivity index (χ4v) is 1.18. The Morgan fingerprint density at radius 1 is 1.39 bits per heavy atom. The molecule has 0 aliphatic heterocycles.